The van der Waals surface area contributed by atoms with Crippen LogP contribution < -0.4 is 4.74 Å². The summed E-state index contributed by atoms with van der Waals surface area (Å²) in [6.45, 7) is 1.46. The van der Waals surface area contributed by atoms with Crippen LogP contribution in [0.4, 0.5) is 5.69 Å². The van der Waals surface area contributed by atoms with Gasteiger partial charge in [-0.1, -0.05) is 40.2 Å². The molecule has 0 saturated carbocycles. The van der Waals surface area contributed by atoms with E-state index in [0.717, 1.165) is 4.47 Å². The van der Waals surface area contributed by atoms with Crippen molar-refractivity contribution in [2.24, 2.45) is 0 Å². The molecule has 2 aromatic carbocycles. The molecule has 6 heteroatoms. The lowest BCUT2D eigenvalue weighted by atomic mass is 10.1. The minimum atomic E-state index is -0.521. The molecule has 21 heavy (non-hydrogen) atoms. The summed E-state index contributed by atoms with van der Waals surface area (Å²) in [5.74, 6) is -0.104. The molecule has 108 valence electrons. The Bertz CT molecular complexity index is 683. The van der Waals surface area contributed by atoms with Crippen LogP contribution in [-0.2, 0) is 0 Å². The van der Waals surface area contributed by atoms with E-state index in [4.69, 9.17) is 4.74 Å². The van der Waals surface area contributed by atoms with Gasteiger partial charge in [0.05, 0.1) is 4.92 Å². The van der Waals surface area contributed by atoms with E-state index in [1.165, 1.54) is 6.07 Å². The van der Waals surface area contributed by atoms with Gasteiger partial charge < -0.3 is 4.74 Å². The van der Waals surface area contributed by atoms with Gasteiger partial charge in [0.15, 0.2) is 12.4 Å². The fraction of sp³-hybridized carbons (Fsp3) is 0.133. The molecular formula is C15H12BrNO4. The molecule has 0 unspecified atom stereocenters. The Hall–Kier alpha value is -2.21. The normalized spacial score (nSPS) is 10.2. The smallest absolute Gasteiger partial charge is 0.311 e. The number of Topliss-reactive ketones (excluding diaryl/α,β-unsaturated/α-hetero) is 1. The van der Waals surface area contributed by atoms with Gasteiger partial charge in [-0.15, -0.1) is 0 Å². The highest BCUT2D eigenvalue weighted by Gasteiger charge is 2.18. The number of ketones is 1. The van der Waals surface area contributed by atoms with Crippen LogP contribution >= 0.6 is 15.9 Å². The number of nitro groups is 1. The van der Waals surface area contributed by atoms with E-state index in [0.29, 0.717) is 11.1 Å². The first kappa shape index (κ1) is 15.2. The van der Waals surface area contributed by atoms with Gasteiger partial charge in [0.2, 0.25) is 5.75 Å². The second-order valence-electron chi connectivity index (χ2n) is 4.40. The SMILES string of the molecule is Cc1cccc([N+](=O)[O-])c1OCC(=O)c1ccc(Br)cc1. The summed E-state index contributed by atoms with van der Waals surface area (Å²) in [7, 11) is 0. The Labute approximate surface area is 129 Å². The third kappa shape index (κ3) is 3.66. The summed E-state index contributed by atoms with van der Waals surface area (Å²) in [6.07, 6.45) is 0. The van der Waals surface area contributed by atoms with E-state index in [2.05, 4.69) is 15.9 Å². The molecule has 0 aliphatic rings. The predicted octanol–water partition coefficient (Wildman–Crippen LogP) is 3.93. The number of halogens is 1. The van der Waals surface area contributed by atoms with Crippen molar-refractivity contribution in [2.75, 3.05) is 6.61 Å². The van der Waals surface area contributed by atoms with E-state index >= 15 is 0 Å². The highest BCUT2D eigenvalue weighted by Crippen LogP contribution is 2.30. The standard InChI is InChI=1S/C15H12BrNO4/c1-10-3-2-4-13(17(19)20)15(10)21-9-14(18)11-5-7-12(16)8-6-11/h2-8H,9H2,1H3. The maximum absolute atomic E-state index is 12.0. The minimum Gasteiger partial charge on any atom is -0.478 e. The van der Waals surface area contributed by atoms with Crippen LogP contribution in [0.2, 0.25) is 0 Å². The average Bonchev–Trinajstić information content (AvgIpc) is 2.46. The first-order chi connectivity index (χ1) is 9.99. The van der Waals surface area contributed by atoms with Crippen LogP contribution in [0, 0.1) is 17.0 Å². The second kappa shape index (κ2) is 6.49. The number of hydrogen-bond donors (Lipinski definition) is 0. The molecule has 0 spiro atoms. The van der Waals surface area contributed by atoms with Crippen molar-refractivity contribution in [3.8, 4) is 5.75 Å². The summed E-state index contributed by atoms with van der Waals surface area (Å²) in [5, 5.41) is 11.0. The van der Waals surface area contributed by atoms with E-state index in [-0.39, 0.29) is 23.8 Å². The third-order valence-electron chi connectivity index (χ3n) is 2.90. The van der Waals surface area contributed by atoms with Crippen LogP contribution in [-0.4, -0.2) is 17.3 Å². The Morgan fingerprint density at radius 2 is 1.90 bits per heavy atom. The largest absolute Gasteiger partial charge is 0.478 e. The van der Waals surface area contributed by atoms with E-state index in [9.17, 15) is 14.9 Å². The number of ether oxygens (including phenoxy) is 1. The third-order valence-corrected chi connectivity index (χ3v) is 3.43. The minimum absolute atomic E-state index is 0.132. The molecule has 0 saturated heterocycles. The number of aryl methyl sites for hydroxylation is 1. The first-order valence-electron chi connectivity index (χ1n) is 6.14. The molecule has 0 aliphatic carbocycles. The molecule has 0 aliphatic heterocycles. The highest BCUT2D eigenvalue weighted by molar-refractivity contribution is 9.10. The first-order valence-corrected chi connectivity index (χ1v) is 6.94. The van der Waals surface area contributed by atoms with Crippen molar-refractivity contribution in [3.05, 3.63) is 68.2 Å². The Kier molecular flexibility index (Phi) is 4.70. The maximum atomic E-state index is 12.0. The maximum Gasteiger partial charge on any atom is 0.311 e. The second-order valence-corrected chi connectivity index (χ2v) is 5.31. The van der Waals surface area contributed by atoms with Crippen LogP contribution in [0.5, 0.6) is 5.75 Å². The van der Waals surface area contributed by atoms with Crippen LogP contribution in [0.25, 0.3) is 0 Å². The number of nitro benzene ring substituents is 1. The zero-order valence-corrected chi connectivity index (χ0v) is 12.8. The van der Waals surface area contributed by atoms with Crippen molar-refractivity contribution in [1.29, 1.82) is 0 Å². The number of hydrogen-bond acceptors (Lipinski definition) is 4. The van der Waals surface area contributed by atoms with Crippen molar-refractivity contribution in [3.63, 3.8) is 0 Å². The lowest BCUT2D eigenvalue weighted by molar-refractivity contribution is -0.385. The fourth-order valence-corrected chi connectivity index (χ4v) is 2.09. The van der Waals surface area contributed by atoms with Crippen LogP contribution in [0.3, 0.4) is 0 Å². The van der Waals surface area contributed by atoms with Crippen LogP contribution in [0.15, 0.2) is 46.9 Å². The van der Waals surface area contributed by atoms with Crippen LogP contribution in [0.1, 0.15) is 15.9 Å². The topological polar surface area (TPSA) is 69.4 Å². The summed E-state index contributed by atoms with van der Waals surface area (Å²) in [5.41, 5.74) is 0.973. The molecular weight excluding hydrogens is 338 g/mol. The summed E-state index contributed by atoms with van der Waals surface area (Å²) in [4.78, 5) is 22.5. The van der Waals surface area contributed by atoms with Crippen molar-refractivity contribution in [2.45, 2.75) is 6.92 Å². The Morgan fingerprint density at radius 1 is 1.24 bits per heavy atom. The zero-order chi connectivity index (χ0) is 15.4. The predicted molar refractivity (Wildman–Crippen MR) is 81.8 cm³/mol. The summed E-state index contributed by atoms with van der Waals surface area (Å²) < 4.78 is 6.24. The molecule has 0 N–H and O–H groups in total. The summed E-state index contributed by atoms with van der Waals surface area (Å²) in [6, 6.07) is 11.5. The fourth-order valence-electron chi connectivity index (χ4n) is 1.83. The average molecular weight is 350 g/mol. The van der Waals surface area contributed by atoms with Gasteiger partial charge in [0.1, 0.15) is 0 Å². The molecule has 0 radical (unpaired) electrons. The van der Waals surface area contributed by atoms with Gasteiger partial charge >= 0.3 is 5.69 Å². The number of benzene rings is 2. The van der Waals surface area contributed by atoms with E-state index in [1.54, 1.807) is 43.3 Å². The highest BCUT2D eigenvalue weighted by atomic mass is 79.9. The van der Waals surface area contributed by atoms with Gasteiger partial charge in [-0.2, -0.15) is 0 Å². The van der Waals surface area contributed by atoms with Gasteiger partial charge in [0, 0.05) is 16.1 Å². The Balaban J connectivity index is 2.15. The molecule has 5 nitrogen and oxygen atoms in total. The summed E-state index contributed by atoms with van der Waals surface area (Å²) >= 11 is 3.29. The van der Waals surface area contributed by atoms with Crippen molar-refractivity contribution in [1.82, 2.24) is 0 Å². The molecule has 0 atom stereocenters. The van der Waals surface area contributed by atoms with E-state index < -0.39 is 4.92 Å². The van der Waals surface area contributed by atoms with E-state index in [1.807, 2.05) is 0 Å². The molecule has 0 bridgehead atoms. The molecule has 0 heterocycles. The molecule has 0 amide bonds. The van der Waals surface area contributed by atoms with Gasteiger partial charge in [-0.05, 0) is 24.6 Å². The lowest BCUT2D eigenvalue weighted by Gasteiger charge is -2.08. The number of nitrogens with zero attached hydrogens (tertiary/aromatic N) is 1. The lowest BCUT2D eigenvalue weighted by Crippen LogP contribution is -2.12. The van der Waals surface area contributed by atoms with Gasteiger partial charge in [-0.3, -0.25) is 14.9 Å². The van der Waals surface area contributed by atoms with Gasteiger partial charge in [0.25, 0.3) is 0 Å². The molecule has 2 aromatic rings. The number of rotatable bonds is 5. The number of carbonyl (C=O) groups excluding carboxylic acids is 1. The quantitative estimate of drug-likeness (QED) is 0.465. The Morgan fingerprint density at radius 3 is 2.52 bits per heavy atom. The van der Waals surface area contributed by atoms with Crippen molar-refractivity contribution < 1.29 is 14.5 Å². The van der Waals surface area contributed by atoms with Gasteiger partial charge in [-0.25, -0.2) is 0 Å². The monoisotopic (exact) mass is 349 g/mol. The number of para-hydroxylation sites is 1. The number of carbonyl (C=O) groups is 1. The molecule has 0 fully saturated rings. The zero-order valence-electron chi connectivity index (χ0n) is 11.2. The van der Waals surface area contributed by atoms with Crippen molar-refractivity contribution >= 4 is 27.4 Å². The molecule has 2 rings (SSSR count). The molecule has 0 aromatic heterocycles.